The number of hydrogen-bond donors (Lipinski definition) is 1. The summed E-state index contributed by atoms with van der Waals surface area (Å²) in [6.07, 6.45) is 3.08. The van der Waals surface area contributed by atoms with Gasteiger partial charge in [-0.1, -0.05) is 6.92 Å². The first-order chi connectivity index (χ1) is 8.08. The second-order valence-electron chi connectivity index (χ2n) is 5.79. The third-order valence-corrected chi connectivity index (χ3v) is 4.40. The minimum Gasteiger partial charge on any atom is -0.341 e. The maximum absolute atomic E-state index is 12.4. The standard InChI is InChI=1S/C13H25N3O/c1-10-3-8-16(9-12(10)14)13(17)11-4-6-15(2)7-5-11/h10-12H,3-9,14H2,1-2H3. The molecule has 2 saturated heterocycles. The van der Waals surface area contributed by atoms with Crippen molar-refractivity contribution in [3.63, 3.8) is 0 Å². The van der Waals surface area contributed by atoms with E-state index in [4.69, 9.17) is 5.73 Å². The lowest BCUT2D eigenvalue weighted by Gasteiger charge is -2.38. The number of amides is 1. The Kier molecular flexibility index (Phi) is 4.05. The van der Waals surface area contributed by atoms with Crippen LogP contribution in [-0.4, -0.2) is 55.0 Å². The number of carbonyl (C=O) groups is 1. The van der Waals surface area contributed by atoms with E-state index in [1.54, 1.807) is 0 Å². The van der Waals surface area contributed by atoms with E-state index in [1.165, 1.54) is 0 Å². The highest BCUT2D eigenvalue weighted by Crippen LogP contribution is 2.22. The first-order valence-electron chi connectivity index (χ1n) is 6.81. The van der Waals surface area contributed by atoms with Crippen LogP contribution in [0.5, 0.6) is 0 Å². The minimum atomic E-state index is 0.166. The predicted molar refractivity (Wildman–Crippen MR) is 68.6 cm³/mol. The molecule has 4 heteroatoms. The Labute approximate surface area is 104 Å². The molecule has 17 heavy (non-hydrogen) atoms. The number of hydrogen-bond acceptors (Lipinski definition) is 3. The van der Waals surface area contributed by atoms with Gasteiger partial charge in [-0.3, -0.25) is 4.79 Å². The van der Waals surface area contributed by atoms with Gasteiger partial charge in [0.1, 0.15) is 0 Å². The van der Waals surface area contributed by atoms with Gasteiger partial charge in [0, 0.05) is 25.0 Å². The van der Waals surface area contributed by atoms with Crippen molar-refractivity contribution in [2.75, 3.05) is 33.2 Å². The largest absolute Gasteiger partial charge is 0.341 e. The van der Waals surface area contributed by atoms with Crippen LogP contribution in [0, 0.1) is 11.8 Å². The Bertz CT molecular complexity index is 274. The number of nitrogens with zero attached hydrogens (tertiary/aromatic N) is 2. The first-order valence-corrected chi connectivity index (χ1v) is 6.81. The maximum atomic E-state index is 12.4. The molecule has 98 valence electrons. The van der Waals surface area contributed by atoms with E-state index in [0.717, 1.165) is 45.4 Å². The zero-order chi connectivity index (χ0) is 12.4. The zero-order valence-corrected chi connectivity index (χ0v) is 11.1. The fourth-order valence-corrected chi connectivity index (χ4v) is 2.81. The van der Waals surface area contributed by atoms with Gasteiger partial charge in [0.15, 0.2) is 0 Å². The van der Waals surface area contributed by atoms with E-state index >= 15 is 0 Å². The topological polar surface area (TPSA) is 49.6 Å². The molecule has 2 fully saturated rings. The van der Waals surface area contributed by atoms with Crippen molar-refractivity contribution in [2.24, 2.45) is 17.6 Å². The number of carbonyl (C=O) groups excluding carboxylic acids is 1. The normalized spacial score (nSPS) is 32.8. The SMILES string of the molecule is CC1CCN(C(=O)C2CCN(C)CC2)CC1N. The average molecular weight is 239 g/mol. The summed E-state index contributed by atoms with van der Waals surface area (Å²) in [6, 6.07) is 0.166. The monoisotopic (exact) mass is 239 g/mol. The van der Waals surface area contributed by atoms with Crippen LogP contribution in [0.4, 0.5) is 0 Å². The summed E-state index contributed by atoms with van der Waals surface area (Å²) in [5.41, 5.74) is 6.06. The molecule has 2 N–H and O–H groups in total. The number of rotatable bonds is 1. The van der Waals surface area contributed by atoms with Gasteiger partial charge in [0.25, 0.3) is 0 Å². The molecule has 0 saturated carbocycles. The lowest BCUT2D eigenvalue weighted by atomic mass is 9.91. The van der Waals surface area contributed by atoms with Crippen molar-refractivity contribution >= 4 is 5.91 Å². The molecule has 0 aromatic rings. The van der Waals surface area contributed by atoms with Gasteiger partial charge >= 0.3 is 0 Å². The highest BCUT2D eigenvalue weighted by Gasteiger charge is 2.31. The molecule has 2 aliphatic heterocycles. The predicted octanol–water partition coefficient (Wildman–Crippen LogP) is 0.524. The second kappa shape index (κ2) is 5.36. The number of nitrogens with two attached hydrogens (primary N) is 1. The lowest BCUT2D eigenvalue weighted by molar-refractivity contribution is -0.138. The highest BCUT2D eigenvalue weighted by atomic mass is 16.2. The Hall–Kier alpha value is -0.610. The molecule has 1 amide bonds. The van der Waals surface area contributed by atoms with Gasteiger partial charge in [-0.25, -0.2) is 0 Å². The van der Waals surface area contributed by atoms with E-state index in [2.05, 4.69) is 18.9 Å². The van der Waals surface area contributed by atoms with E-state index in [1.807, 2.05) is 4.90 Å². The molecule has 0 aliphatic carbocycles. The molecule has 2 heterocycles. The van der Waals surface area contributed by atoms with Crippen molar-refractivity contribution in [3.8, 4) is 0 Å². The summed E-state index contributed by atoms with van der Waals surface area (Å²) >= 11 is 0. The zero-order valence-electron chi connectivity index (χ0n) is 11.1. The fourth-order valence-electron chi connectivity index (χ4n) is 2.81. The van der Waals surface area contributed by atoms with Crippen LogP contribution in [0.1, 0.15) is 26.2 Å². The summed E-state index contributed by atoms with van der Waals surface area (Å²) in [7, 11) is 2.12. The molecule has 2 rings (SSSR count). The highest BCUT2D eigenvalue weighted by molar-refractivity contribution is 5.79. The van der Waals surface area contributed by atoms with E-state index in [9.17, 15) is 4.79 Å². The molecule has 0 bridgehead atoms. The Morgan fingerprint density at radius 3 is 2.41 bits per heavy atom. The minimum absolute atomic E-state index is 0.166. The van der Waals surface area contributed by atoms with Crippen LogP contribution in [-0.2, 0) is 4.79 Å². The van der Waals surface area contributed by atoms with Crippen LogP contribution in [0.3, 0.4) is 0 Å². The van der Waals surface area contributed by atoms with Gasteiger partial charge in [0.05, 0.1) is 0 Å². The number of piperidine rings is 2. The summed E-state index contributed by atoms with van der Waals surface area (Å²) in [5, 5.41) is 0. The lowest BCUT2D eigenvalue weighted by Crippen LogP contribution is -2.52. The number of likely N-dealkylation sites (tertiary alicyclic amines) is 2. The average Bonchev–Trinajstić information content (AvgIpc) is 2.33. The van der Waals surface area contributed by atoms with Crippen LogP contribution in [0.2, 0.25) is 0 Å². The van der Waals surface area contributed by atoms with Crippen molar-refractivity contribution in [3.05, 3.63) is 0 Å². The van der Waals surface area contributed by atoms with Crippen molar-refractivity contribution in [2.45, 2.75) is 32.2 Å². The first kappa shape index (κ1) is 12.8. The van der Waals surface area contributed by atoms with Crippen LogP contribution in [0.15, 0.2) is 0 Å². The van der Waals surface area contributed by atoms with Gasteiger partial charge in [-0.15, -0.1) is 0 Å². The maximum Gasteiger partial charge on any atom is 0.225 e. The summed E-state index contributed by atoms with van der Waals surface area (Å²) in [6.45, 7) is 5.94. The van der Waals surface area contributed by atoms with Gasteiger partial charge in [-0.2, -0.15) is 0 Å². The van der Waals surface area contributed by atoms with E-state index in [-0.39, 0.29) is 12.0 Å². The summed E-state index contributed by atoms with van der Waals surface area (Å²) in [5.74, 6) is 1.14. The van der Waals surface area contributed by atoms with Crippen molar-refractivity contribution in [1.82, 2.24) is 9.80 Å². The molecule has 2 unspecified atom stereocenters. The molecule has 0 radical (unpaired) electrons. The smallest absolute Gasteiger partial charge is 0.225 e. The Balaban J connectivity index is 1.87. The molecule has 2 aliphatic rings. The third-order valence-electron chi connectivity index (χ3n) is 4.40. The van der Waals surface area contributed by atoms with E-state index in [0.29, 0.717) is 11.8 Å². The van der Waals surface area contributed by atoms with E-state index < -0.39 is 0 Å². The van der Waals surface area contributed by atoms with Crippen LogP contribution >= 0.6 is 0 Å². The van der Waals surface area contributed by atoms with Gasteiger partial charge in [-0.05, 0) is 45.3 Å². The molecule has 0 aromatic heterocycles. The van der Waals surface area contributed by atoms with Crippen molar-refractivity contribution < 1.29 is 4.79 Å². The quantitative estimate of drug-likeness (QED) is 0.726. The second-order valence-corrected chi connectivity index (χ2v) is 5.79. The summed E-state index contributed by atoms with van der Waals surface area (Å²) in [4.78, 5) is 16.7. The molecule has 0 aromatic carbocycles. The van der Waals surface area contributed by atoms with Crippen molar-refractivity contribution in [1.29, 1.82) is 0 Å². The molecule has 0 spiro atoms. The molecular formula is C13H25N3O. The van der Waals surface area contributed by atoms with Gasteiger partial charge < -0.3 is 15.5 Å². The fraction of sp³-hybridized carbons (Fsp3) is 0.923. The molecule has 4 nitrogen and oxygen atoms in total. The molecule has 2 atom stereocenters. The Morgan fingerprint density at radius 1 is 1.18 bits per heavy atom. The van der Waals surface area contributed by atoms with Crippen LogP contribution < -0.4 is 5.73 Å². The van der Waals surface area contributed by atoms with Gasteiger partial charge in [0.2, 0.25) is 5.91 Å². The molecular weight excluding hydrogens is 214 g/mol. The Morgan fingerprint density at radius 2 is 1.82 bits per heavy atom. The van der Waals surface area contributed by atoms with Crippen LogP contribution in [0.25, 0.3) is 0 Å². The summed E-state index contributed by atoms with van der Waals surface area (Å²) < 4.78 is 0. The third kappa shape index (κ3) is 2.99.